The second-order valence-corrected chi connectivity index (χ2v) is 5.06. The maximum atomic E-state index is 11.7. The average Bonchev–Trinajstić information content (AvgIpc) is 2.03. The molecule has 0 bridgehead atoms. The molecule has 3 N–H and O–H groups in total. The molecule has 0 fully saturated rings. The van der Waals surface area contributed by atoms with Gasteiger partial charge >= 0.3 is 0 Å². The first-order valence-corrected chi connectivity index (χ1v) is 6.36. The number of nitrogens with two attached hydrogens (primary N) is 1. The van der Waals surface area contributed by atoms with Crippen LogP contribution in [0.5, 0.6) is 0 Å². The number of nitrogens with one attached hydrogen (secondary N) is 1. The molecule has 5 nitrogen and oxygen atoms in total. The summed E-state index contributed by atoms with van der Waals surface area (Å²) in [4.78, 5) is 0. The lowest BCUT2D eigenvalue weighted by Crippen LogP contribution is -2.45. The fraction of sp³-hybridized carbons (Fsp3) is 1.00. The summed E-state index contributed by atoms with van der Waals surface area (Å²) in [6, 6.07) is -0.0365. The maximum Gasteiger partial charge on any atom is 0.279 e. The van der Waals surface area contributed by atoms with Crippen molar-refractivity contribution in [2.75, 3.05) is 19.6 Å². The van der Waals surface area contributed by atoms with Crippen molar-refractivity contribution in [2.45, 2.75) is 33.2 Å². The van der Waals surface area contributed by atoms with Crippen LogP contribution in [-0.4, -0.2) is 38.4 Å². The van der Waals surface area contributed by atoms with E-state index in [1.807, 2.05) is 13.8 Å². The van der Waals surface area contributed by atoms with Crippen LogP contribution in [0.3, 0.4) is 0 Å². The molecule has 86 valence electrons. The van der Waals surface area contributed by atoms with Crippen LogP contribution in [-0.2, 0) is 10.2 Å². The van der Waals surface area contributed by atoms with Crippen LogP contribution in [0, 0.1) is 0 Å². The summed E-state index contributed by atoms with van der Waals surface area (Å²) in [5, 5.41) is 0. The summed E-state index contributed by atoms with van der Waals surface area (Å²) in [5.74, 6) is 0. The zero-order valence-electron chi connectivity index (χ0n) is 9.16. The molecule has 0 saturated carbocycles. The van der Waals surface area contributed by atoms with Gasteiger partial charge in [0.05, 0.1) is 0 Å². The fourth-order valence-corrected chi connectivity index (χ4v) is 2.62. The van der Waals surface area contributed by atoms with Crippen LogP contribution in [0.2, 0.25) is 0 Å². The Morgan fingerprint density at radius 1 is 1.43 bits per heavy atom. The largest absolute Gasteiger partial charge is 0.330 e. The lowest BCUT2D eigenvalue weighted by molar-refractivity contribution is 0.346. The summed E-state index contributed by atoms with van der Waals surface area (Å²) in [5.41, 5.74) is 5.35. The zero-order valence-corrected chi connectivity index (χ0v) is 9.97. The summed E-state index contributed by atoms with van der Waals surface area (Å²) in [7, 11) is -3.32. The first kappa shape index (κ1) is 13.8. The molecule has 0 atom stereocenters. The fourth-order valence-electron chi connectivity index (χ4n) is 1.17. The number of nitrogens with zero attached hydrogens (tertiary/aromatic N) is 1. The van der Waals surface area contributed by atoms with E-state index < -0.39 is 10.2 Å². The van der Waals surface area contributed by atoms with Crippen molar-refractivity contribution in [3.63, 3.8) is 0 Å². The van der Waals surface area contributed by atoms with E-state index in [9.17, 15) is 8.42 Å². The molecule has 0 unspecified atom stereocenters. The van der Waals surface area contributed by atoms with Crippen molar-refractivity contribution in [3.8, 4) is 0 Å². The van der Waals surface area contributed by atoms with Crippen molar-refractivity contribution >= 4 is 10.2 Å². The van der Waals surface area contributed by atoms with Gasteiger partial charge in [0, 0.05) is 19.1 Å². The van der Waals surface area contributed by atoms with Gasteiger partial charge in [-0.05, 0) is 26.8 Å². The molecule has 6 heteroatoms. The lowest BCUT2D eigenvalue weighted by atomic mass is 10.3. The van der Waals surface area contributed by atoms with Gasteiger partial charge in [0.25, 0.3) is 10.2 Å². The van der Waals surface area contributed by atoms with Crippen LogP contribution in [0.15, 0.2) is 0 Å². The monoisotopic (exact) mass is 223 g/mol. The highest BCUT2D eigenvalue weighted by molar-refractivity contribution is 7.87. The minimum atomic E-state index is -3.32. The van der Waals surface area contributed by atoms with Crippen LogP contribution in [0.1, 0.15) is 27.2 Å². The van der Waals surface area contributed by atoms with E-state index >= 15 is 0 Å². The minimum absolute atomic E-state index is 0.0365. The first-order valence-electron chi connectivity index (χ1n) is 4.92. The number of hydrogen-bond donors (Lipinski definition) is 2. The highest BCUT2D eigenvalue weighted by atomic mass is 32.2. The van der Waals surface area contributed by atoms with Crippen molar-refractivity contribution in [3.05, 3.63) is 0 Å². The Kier molecular flexibility index (Phi) is 6.26. The van der Waals surface area contributed by atoms with Gasteiger partial charge in [0.2, 0.25) is 0 Å². The van der Waals surface area contributed by atoms with Gasteiger partial charge in [-0.1, -0.05) is 6.92 Å². The van der Waals surface area contributed by atoms with E-state index in [-0.39, 0.29) is 6.04 Å². The third kappa shape index (κ3) is 4.36. The zero-order chi connectivity index (χ0) is 11.2. The Labute approximate surface area is 86.8 Å². The van der Waals surface area contributed by atoms with E-state index in [4.69, 9.17) is 5.73 Å². The van der Waals surface area contributed by atoms with Gasteiger partial charge in [-0.2, -0.15) is 12.7 Å². The Balaban J connectivity index is 4.48. The number of hydrogen-bond acceptors (Lipinski definition) is 3. The van der Waals surface area contributed by atoms with Gasteiger partial charge in [-0.25, -0.2) is 4.72 Å². The molecule has 0 amide bonds. The molecule has 0 rings (SSSR count). The van der Waals surface area contributed by atoms with Crippen LogP contribution < -0.4 is 10.5 Å². The normalized spacial score (nSPS) is 12.7. The molecule has 0 saturated heterocycles. The molecule has 0 heterocycles. The Hall–Kier alpha value is -0.170. The van der Waals surface area contributed by atoms with Gasteiger partial charge in [0.15, 0.2) is 0 Å². The third-order valence-corrected chi connectivity index (χ3v) is 3.67. The van der Waals surface area contributed by atoms with Crippen molar-refractivity contribution in [1.82, 2.24) is 9.03 Å². The van der Waals surface area contributed by atoms with E-state index in [0.29, 0.717) is 26.1 Å². The van der Waals surface area contributed by atoms with Crippen LogP contribution >= 0.6 is 0 Å². The van der Waals surface area contributed by atoms with Crippen LogP contribution in [0.25, 0.3) is 0 Å². The molecule has 0 aliphatic carbocycles. The van der Waals surface area contributed by atoms with Gasteiger partial charge in [-0.15, -0.1) is 0 Å². The molecule has 0 aliphatic heterocycles. The summed E-state index contributed by atoms with van der Waals surface area (Å²) >= 11 is 0. The van der Waals surface area contributed by atoms with E-state index in [0.717, 1.165) is 0 Å². The summed E-state index contributed by atoms with van der Waals surface area (Å²) < 4.78 is 27.2. The van der Waals surface area contributed by atoms with Crippen molar-refractivity contribution in [2.24, 2.45) is 5.73 Å². The standard InChI is InChI=1S/C8H21N3O2S/c1-4-10-14(12,13)11(8(2)3)7-5-6-9/h8,10H,4-7,9H2,1-3H3. The predicted octanol–water partition coefficient (Wildman–Crippen LogP) is -0.100. The van der Waals surface area contributed by atoms with Gasteiger partial charge in [-0.3, -0.25) is 0 Å². The maximum absolute atomic E-state index is 11.7. The Bertz CT molecular complexity index is 239. The summed E-state index contributed by atoms with van der Waals surface area (Å²) in [6.07, 6.45) is 0.683. The quantitative estimate of drug-likeness (QED) is 0.633. The molecule has 0 aromatic heterocycles. The van der Waals surface area contributed by atoms with E-state index in [1.165, 1.54) is 4.31 Å². The second kappa shape index (κ2) is 6.34. The first-order chi connectivity index (χ1) is 6.45. The molecular weight excluding hydrogens is 202 g/mol. The number of rotatable bonds is 7. The van der Waals surface area contributed by atoms with Crippen LogP contribution in [0.4, 0.5) is 0 Å². The topological polar surface area (TPSA) is 75.4 Å². The smallest absolute Gasteiger partial charge is 0.279 e. The molecule has 0 spiro atoms. The lowest BCUT2D eigenvalue weighted by Gasteiger charge is -2.25. The van der Waals surface area contributed by atoms with Crippen molar-refractivity contribution < 1.29 is 8.42 Å². The highest BCUT2D eigenvalue weighted by Crippen LogP contribution is 2.05. The molecule has 14 heavy (non-hydrogen) atoms. The Morgan fingerprint density at radius 2 is 2.00 bits per heavy atom. The van der Waals surface area contributed by atoms with E-state index in [2.05, 4.69) is 4.72 Å². The van der Waals surface area contributed by atoms with Crippen molar-refractivity contribution in [1.29, 1.82) is 0 Å². The molecule has 0 aromatic rings. The second-order valence-electron chi connectivity index (χ2n) is 3.35. The van der Waals surface area contributed by atoms with Gasteiger partial charge < -0.3 is 5.73 Å². The average molecular weight is 223 g/mol. The molecule has 0 radical (unpaired) electrons. The molecular formula is C8H21N3O2S. The summed E-state index contributed by atoms with van der Waals surface area (Å²) in [6.45, 7) is 6.86. The molecule has 0 aromatic carbocycles. The predicted molar refractivity (Wildman–Crippen MR) is 58.1 cm³/mol. The third-order valence-electron chi connectivity index (χ3n) is 1.79. The van der Waals surface area contributed by atoms with Gasteiger partial charge in [0.1, 0.15) is 0 Å². The van der Waals surface area contributed by atoms with E-state index in [1.54, 1.807) is 6.92 Å². The molecule has 0 aliphatic rings. The minimum Gasteiger partial charge on any atom is -0.330 e. The SMILES string of the molecule is CCNS(=O)(=O)N(CCCN)C(C)C. The Morgan fingerprint density at radius 3 is 2.36 bits per heavy atom. The highest BCUT2D eigenvalue weighted by Gasteiger charge is 2.22.